The third kappa shape index (κ3) is 3.80. The lowest BCUT2D eigenvalue weighted by Gasteiger charge is -2.02. The lowest BCUT2D eigenvalue weighted by molar-refractivity contribution is 0.681. The van der Waals surface area contributed by atoms with Crippen LogP contribution in [0.5, 0.6) is 0 Å². The van der Waals surface area contributed by atoms with Crippen molar-refractivity contribution in [2.24, 2.45) is 5.73 Å². The van der Waals surface area contributed by atoms with E-state index in [2.05, 4.69) is 5.10 Å². The van der Waals surface area contributed by atoms with E-state index in [4.69, 9.17) is 11.1 Å². The maximum Gasteiger partial charge on any atom is 0.267 e. The van der Waals surface area contributed by atoms with Gasteiger partial charge < -0.3 is 5.73 Å². The summed E-state index contributed by atoms with van der Waals surface area (Å²) in [6, 6.07) is 3.10. The first-order valence-corrected chi connectivity index (χ1v) is 4.60. The van der Waals surface area contributed by atoms with Gasteiger partial charge in [0.2, 0.25) is 0 Å². The third-order valence-corrected chi connectivity index (χ3v) is 2.03. The van der Waals surface area contributed by atoms with E-state index < -0.39 is 0 Å². The van der Waals surface area contributed by atoms with E-state index in [9.17, 15) is 4.79 Å². The van der Waals surface area contributed by atoms with Crippen LogP contribution in [0.1, 0.15) is 5.69 Å². The Morgan fingerprint density at radius 2 is 2.36 bits per heavy atom. The Hall–Kier alpha value is -1.01. The van der Waals surface area contributed by atoms with Crippen LogP contribution in [0.25, 0.3) is 0 Å². The van der Waals surface area contributed by atoms with Crippen LogP contribution in [-0.2, 0) is 5.88 Å². The van der Waals surface area contributed by atoms with Crippen LogP contribution in [0.2, 0.25) is 0 Å². The molecule has 1 aromatic rings. The molecule has 0 unspecified atom stereocenters. The molecule has 0 aliphatic carbocycles. The molecule has 14 heavy (non-hydrogen) atoms. The van der Waals surface area contributed by atoms with Crippen molar-refractivity contribution in [1.29, 1.82) is 5.41 Å². The van der Waals surface area contributed by atoms with Crippen LogP contribution >= 0.6 is 24.2 Å². The van der Waals surface area contributed by atoms with Gasteiger partial charge in [0.25, 0.3) is 5.56 Å². The highest BCUT2D eigenvalue weighted by Crippen LogP contribution is 1.99. The number of halogens is 1. The van der Waals surface area contributed by atoms with Gasteiger partial charge in [0.15, 0.2) is 5.17 Å². The minimum atomic E-state index is -0.181. The minimum absolute atomic E-state index is 0. The van der Waals surface area contributed by atoms with Crippen molar-refractivity contribution in [2.45, 2.75) is 12.8 Å². The van der Waals surface area contributed by atoms with Crippen LogP contribution in [0, 0.1) is 12.3 Å². The van der Waals surface area contributed by atoms with E-state index in [1.165, 1.54) is 10.7 Å². The Balaban J connectivity index is 0.00000169. The van der Waals surface area contributed by atoms with Gasteiger partial charge in [-0.1, -0.05) is 11.8 Å². The Bertz CT molecular complexity index is 378. The van der Waals surface area contributed by atoms with Crippen molar-refractivity contribution >= 4 is 29.3 Å². The molecule has 1 rings (SSSR count). The molecule has 0 aromatic carbocycles. The van der Waals surface area contributed by atoms with Crippen LogP contribution in [0.15, 0.2) is 16.9 Å². The Morgan fingerprint density at radius 1 is 1.71 bits per heavy atom. The summed E-state index contributed by atoms with van der Waals surface area (Å²) >= 11 is 1.07. The molecule has 0 saturated carbocycles. The Kier molecular flexibility index (Phi) is 5.26. The van der Waals surface area contributed by atoms with Crippen LogP contribution in [-0.4, -0.2) is 14.9 Å². The van der Waals surface area contributed by atoms with E-state index in [-0.39, 0.29) is 29.0 Å². The average Bonchev–Trinajstić information content (AvgIpc) is 2.06. The van der Waals surface area contributed by atoms with Gasteiger partial charge in [-0.2, -0.15) is 5.10 Å². The predicted molar refractivity (Wildman–Crippen MR) is 60.0 cm³/mol. The second-order valence-electron chi connectivity index (χ2n) is 2.45. The van der Waals surface area contributed by atoms with Crippen molar-refractivity contribution < 1.29 is 0 Å². The fourth-order valence-electron chi connectivity index (χ4n) is 0.774. The number of nitrogens with one attached hydrogen (secondary N) is 1. The number of aryl methyl sites for hydroxylation is 1. The monoisotopic (exact) mass is 234 g/mol. The Morgan fingerprint density at radius 3 is 2.93 bits per heavy atom. The molecule has 0 aliphatic heterocycles. The molecule has 0 saturated heterocycles. The normalized spacial score (nSPS) is 9.21. The summed E-state index contributed by atoms with van der Waals surface area (Å²) in [7, 11) is 0. The van der Waals surface area contributed by atoms with Gasteiger partial charge in [-0.25, -0.2) is 4.68 Å². The number of thioether (sulfide) groups is 1. The van der Waals surface area contributed by atoms with E-state index in [0.29, 0.717) is 0 Å². The first-order chi connectivity index (χ1) is 6.09. The van der Waals surface area contributed by atoms with E-state index >= 15 is 0 Å². The van der Waals surface area contributed by atoms with Gasteiger partial charge in [0.05, 0.1) is 11.6 Å². The van der Waals surface area contributed by atoms with Crippen molar-refractivity contribution in [3.8, 4) is 0 Å². The highest BCUT2D eigenvalue weighted by atomic mass is 35.5. The van der Waals surface area contributed by atoms with Gasteiger partial charge in [-0.15, -0.1) is 12.4 Å². The number of nitrogens with zero attached hydrogens (tertiary/aromatic N) is 2. The number of hydrogen-bond donors (Lipinski definition) is 2. The standard InChI is InChI=1S/C7H10N4OS.ClH/c1-5-2-3-6(12)11(10-5)4-13-7(8)9;/h2-3H,4H2,1H3,(H3,8,9);1H. The molecule has 78 valence electrons. The lowest BCUT2D eigenvalue weighted by atomic mass is 10.4. The molecule has 0 bridgehead atoms. The molecule has 0 amide bonds. The maximum absolute atomic E-state index is 11.2. The van der Waals surface area contributed by atoms with Crippen LogP contribution < -0.4 is 11.3 Å². The fourth-order valence-corrected chi connectivity index (χ4v) is 1.22. The van der Waals surface area contributed by atoms with Crippen LogP contribution in [0.4, 0.5) is 0 Å². The smallest absolute Gasteiger partial charge is 0.267 e. The average molecular weight is 235 g/mol. The van der Waals surface area contributed by atoms with Crippen molar-refractivity contribution in [3.63, 3.8) is 0 Å². The molecule has 3 N–H and O–H groups in total. The second kappa shape index (κ2) is 5.66. The van der Waals surface area contributed by atoms with E-state index in [0.717, 1.165) is 17.5 Å². The molecule has 5 nitrogen and oxygen atoms in total. The lowest BCUT2D eigenvalue weighted by Crippen LogP contribution is -2.22. The number of nitrogens with two attached hydrogens (primary N) is 1. The minimum Gasteiger partial charge on any atom is -0.379 e. The molecule has 0 spiro atoms. The van der Waals surface area contributed by atoms with Crippen molar-refractivity contribution in [2.75, 3.05) is 0 Å². The van der Waals surface area contributed by atoms with Gasteiger partial charge in [-0.05, 0) is 13.0 Å². The Labute approximate surface area is 91.6 Å². The van der Waals surface area contributed by atoms with Gasteiger partial charge >= 0.3 is 0 Å². The van der Waals surface area contributed by atoms with Crippen molar-refractivity contribution in [1.82, 2.24) is 9.78 Å². The molecule has 1 aromatic heterocycles. The van der Waals surface area contributed by atoms with Crippen LogP contribution in [0.3, 0.4) is 0 Å². The molecule has 0 atom stereocenters. The topological polar surface area (TPSA) is 84.8 Å². The van der Waals surface area contributed by atoms with E-state index in [1.807, 2.05) is 0 Å². The fraction of sp³-hybridized carbons (Fsp3) is 0.286. The summed E-state index contributed by atoms with van der Waals surface area (Å²) in [5, 5.41) is 10.9. The molecule has 1 heterocycles. The quantitative estimate of drug-likeness (QED) is 0.578. The first-order valence-electron chi connectivity index (χ1n) is 3.61. The highest BCUT2D eigenvalue weighted by molar-refractivity contribution is 8.12. The maximum atomic E-state index is 11.2. The van der Waals surface area contributed by atoms with Crippen molar-refractivity contribution in [3.05, 3.63) is 28.2 Å². The SMILES string of the molecule is Cc1ccc(=O)n(CSC(=N)N)n1.Cl. The molecular formula is C7H11ClN4OS. The number of amidine groups is 1. The third-order valence-electron chi connectivity index (χ3n) is 1.34. The molecule has 0 fully saturated rings. The number of aromatic nitrogens is 2. The largest absolute Gasteiger partial charge is 0.379 e. The summed E-state index contributed by atoms with van der Waals surface area (Å²) in [6.45, 7) is 1.80. The summed E-state index contributed by atoms with van der Waals surface area (Å²) in [5.74, 6) is 0.288. The summed E-state index contributed by atoms with van der Waals surface area (Å²) in [5.41, 5.74) is 5.72. The summed E-state index contributed by atoms with van der Waals surface area (Å²) < 4.78 is 1.28. The van der Waals surface area contributed by atoms with Gasteiger partial charge in [0.1, 0.15) is 0 Å². The summed E-state index contributed by atoms with van der Waals surface area (Å²) in [6.07, 6.45) is 0. The second-order valence-corrected chi connectivity index (χ2v) is 3.44. The zero-order valence-electron chi connectivity index (χ0n) is 7.56. The molecule has 7 heteroatoms. The van der Waals surface area contributed by atoms with E-state index in [1.54, 1.807) is 13.0 Å². The summed E-state index contributed by atoms with van der Waals surface area (Å²) in [4.78, 5) is 11.2. The number of rotatable bonds is 2. The number of hydrogen-bond acceptors (Lipinski definition) is 4. The van der Waals surface area contributed by atoms with Gasteiger partial charge in [-0.3, -0.25) is 10.2 Å². The molecular weight excluding hydrogens is 224 g/mol. The first kappa shape index (κ1) is 13.0. The highest BCUT2D eigenvalue weighted by Gasteiger charge is 1.98. The zero-order chi connectivity index (χ0) is 9.84. The molecule has 0 radical (unpaired) electrons. The predicted octanol–water partition coefficient (Wildman–Crippen LogP) is 0.558. The van der Waals surface area contributed by atoms with Gasteiger partial charge in [0, 0.05) is 6.07 Å². The zero-order valence-corrected chi connectivity index (χ0v) is 9.19. The molecule has 0 aliphatic rings.